The predicted molar refractivity (Wildman–Crippen MR) is 123 cm³/mol. The first-order chi connectivity index (χ1) is 14.1. The Bertz CT molecular complexity index is 1300. The van der Waals surface area contributed by atoms with Crippen LogP contribution in [0.15, 0.2) is 64.5 Å². The van der Waals surface area contributed by atoms with E-state index in [1.165, 1.54) is 11.3 Å². The third-order valence-electron chi connectivity index (χ3n) is 4.67. The van der Waals surface area contributed by atoms with Gasteiger partial charge in [0.2, 0.25) is 0 Å². The molecule has 0 unspecified atom stereocenters. The summed E-state index contributed by atoms with van der Waals surface area (Å²) in [7, 11) is 0. The van der Waals surface area contributed by atoms with E-state index in [1.807, 2.05) is 53.2 Å². The number of carbonyl (C=O) groups is 2. The lowest BCUT2D eigenvalue weighted by Gasteiger charge is -2.10. The Kier molecular flexibility index (Phi) is 5.38. The molecule has 0 radical (unpaired) electrons. The van der Waals surface area contributed by atoms with Crippen LogP contribution in [0.3, 0.4) is 0 Å². The normalized spacial score (nSPS) is 13.5. The van der Waals surface area contributed by atoms with Crippen LogP contribution in [0.1, 0.15) is 6.92 Å². The molecular weight excluding hydrogens is 440 g/mol. The molecule has 2 N–H and O–H groups in total. The summed E-state index contributed by atoms with van der Waals surface area (Å²) in [4.78, 5) is 35.4. The third-order valence-corrected chi connectivity index (χ3v) is 6.41. The van der Waals surface area contributed by atoms with E-state index < -0.39 is 11.8 Å². The van der Waals surface area contributed by atoms with Crippen LogP contribution in [-0.4, -0.2) is 21.8 Å². The van der Waals surface area contributed by atoms with Crippen molar-refractivity contribution in [2.75, 3.05) is 5.32 Å². The first-order valence-electron chi connectivity index (χ1n) is 8.84. The summed E-state index contributed by atoms with van der Waals surface area (Å²) in [6, 6.07) is 13.9. The average Bonchev–Trinajstić information content (AvgIpc) is 3.45. The Morgan fingerprint density at radius 1 is 0.967 bits per heavy atom. The summed E-state index contributed by atoms with van der Waals surface area (Å²) in [5, 5.41) is 10.3. The fraction of sp³-hybridized carbons (Fsp3) is 0.0476. The SMILES string of the molecule is CC1=C(Nc2nc(-c3cccs3)nc3scc(-c4ccccc4)c23)C(=O)NC1=O.Cl. The molecule has 0 aliphatic carbocycles. The maximum Gasteiger partial charge on any atom is 0.275 e. The number of benzene rings is 1. The molecule has 150 valence electrons. The molecule has 3 aromatic heterocycles. The summed E-state index contributed by atoms with van der Waals surface area (Å²) < 4.78 is 0. The number of halogens is 1. The number of carbonyl (C=O) groups excluding carboxylic acids is 2. The lowest BCUT2D eigenvalue weighted by Crippen LogP contribution is -2.24. The third kappa shape index (κ3) is 3.39. The molecule has 0 saturated carbocycles. The quantitative estimate of drug-likeness (QED) is 0.430. The second-order valence-corrected chi connectivity index (χ2v) is 8.28. The lowest BCUT2D eigenvalue weighted by atomic mass is 10.1. The Balaban J connectivity index is 0.00000218. The summed E-state index contributed by atoms with van der Waals surface area (Å²) in [6.07, 6.45) is 0. The van der Waals surface area contributed by atoms with Crippen molar-refractivity contribution in [2.24, 2.45) is 0 Å². The van der Waals surface area contributed by atoms with Gasteiger partial charge in [0.1, 0.15) is 16.3 Å². The summed E-state index contributed by atoms with van der Waals surface area (Å²) in [5.74, 6) is 0.250. The highest BCUT2D eigenvalue weighted by molar-refractivity contribution is 7.17. The van der Waals surface area contributed by atoms with Crippen LogP contribution in [0.5, 0.6) is 0 Å². The minimum absolute atomic E-state index is 0. The average molecular weight is 455 g/mol. The predicted octanol–water partition coefficient (Wildman–Crippen LogP) is 4.85. The highest BCUT2D eigenvalue weighted by Crippen LogP contribution is 2.39. The van der Waals surface area contributed by atoms with Gasteiger partial charge in [-0.05, 0) is 23.9 Å². The van der Waals surface area contributed by atoms with Crippen molar-refractivity contribution in [1.29, 1.82) is 0 Å². The molecule has 1 aromatic carbocycles. The number of hydrogen-bond acceptors (Lipinski definition) is 7. The second-order valence-electron chi connectivity index (χ2n) is 6.48. The van der Waals surface area contributed by atoms with Crippen LogP contribution in [0.4, 0.5) is 5.82 Å². The summed E-state index contributed by atoms with van der Waals surface area (Å²) >= 11 is 3.07. The van der Waals surface area contributed by atoms with Crippen molar-refractivity contribution >= 4 is 62.9 Å². The molecular formula is C21H15ClN4O2S2. The number of nitrogens with one attached hydrogen (secondary N) is 2. The van der Waals surface area contributed by atoms with Gasteiger partial charge in [0.05, 0.1) is 10.3 Å². The maximum atomic E-state index is 12.3. The number of aromatic nitrogens is 2. The topological polar surface area (TPSA) is 84.0 Å². The van der Waals surface area contributed by atoms with E-state index in [4.69, 9.17) is 9.97 Å². The van der Waals surface area contributed by atoms with Crippen LogP contribution in [0.2, 0.25) is 0 Å². The Morgan fingerprint density at radius 3 is 2.43 bits per heavy atom. The number of amides is 2. The fourth-order valence-electron chi connectivity index (χ4n) is 3.19. The monoisotopic (exact) mass is 454 g/mol. The fourth-order valence-corrected chi connectivity index (χ4v) is 4.80. The van der Waals surface area contributed by atoms with Crippen molar-refractivity contribution < 1.29 is 9.59 Å². The largest absolute Gasteiger partial charge is 0.335 e. The molecule has 6 nitrogen and oxygen atoms in total. The van der Waals surface area contributed by atoms with Crippen LogP contribution in [-0.2, 0) is 9.59 Å². The van der Waals surface area contributed by atoms with E-state index in [-0.39, 0.29) is 18.1 Å². The first kappa shape index (κ1) is 20.2. The van der Waals surface area contributed by atoms with E-state index in [0.717, 1.165) is 26.2 Å². The van der Waals surface area contributed by atoms with Crippen LogP contribution < -0.4 is 10.6 Å². The molecule has 4 aromatic rings. The van der Waals surface area contributed by atoms with Crippen molar-refractivity contribution in [3.8, 4) is 21.8 Å². The molecule has 0 saturated heterocycles. The van der Waals surface area contributed by atoms with E-state index >= 15 is 0 Å². The minimum Gasteiger partial charge on any atom is -0.335 e. The molecule has 1 aliphatic rings. The van der Waals surface area contributed by atoms with Gasteiger partial charge in [0.25, 0.3) is 11.8 Å². The molecule has 1 aliphatic heterocycles. The van der Waals surface area contributed by atoms with Gasteiger partial charge in [0.15, 0.2) is 5.82 Å². The lowest BCUT2D eigenvalue weighted by molar-refractivity contribution is -0.124. The Morgan fingerprint density at radius 2 is 1.77 bits per heavy atom. The van der Waals surface area contributed by atoms with Gasteiger partial charge in [-0.2, -0.15) is 0 Å². The van der Waals surface area contributed by atoms with E-state index in [9.17, 15) is 9.59 Å². The molecule has 0 spiro atoms. The van der Waals surface area contributed by atoms with Crippen molar-refractivity contribution in [3.63, 3.8) is 0 Å². The molecule has 0 bridgehead atoms. The zero-order chi connectivity index (χ0) is 20.0. The molecule has 0 fully saturated rings. The molecule has 0 atom stereocenters. The van der Waals surface area contributed by atoms with Crippen molar-refractivity contribution in [1.82, 2.24) is 15.3 Å². The summed E-state index contributed by atoms with van der Waals surface area (Å²) in [5.41, 5.74) is 2.58. The Hall–Kier alpha value is -3.07. The van der Waals surface area contributed by atoms with E-state index in [0.29, 0.717) is 17.2 Å². The van der Waals surface area contributed by atoms with Gasteiger partial charge in [0, 0.05) is 16.5 Å². The van der Waals surface area contributed by atoms with Gasteiger partial charge >= 0.3 is 0 Å². The second kappa shape index (κ2) is 7.98. The van der Waals surface area contributed by atoms with Crippen LogP contribution in [0, 0.1) is 0 Å². The zero-order valence-electron chi connectivity index (χ0n) is 15.6. The smallest absolute Gasteiger partial charge is 0.275 e. The number of imide groups is 1. The number of rotatable bonds is 4. The standard InChI is InChI=1S/C21H14N4O2S2.ClH/c1-11-16(20(27)25-19(11)26)22-18-15-13(12-6-3-2-4-7-12)10-29-21(15)24-17(23-18)14-8-5-9-28-14;/h2-10H,1H3,(H2,22,23,24,25,26,27);1H. The molecule has 30 heavy (non-hydrogen) atoms. The number of nitrogens with zero attached hydrogens (tertiary/aromatic N) is 2. The Labute approximate surface area is 186 Å². The van der Waals surface area contributed by atoms with Gasteiger partial charge in [-0.15, -0.1) is 35.1 Å². The van der Waals surface area contributed by atoms with Gasteiger partial charge in [-0.25, -0.2) is 9.97 Å². The highest BCUT2D eigenvalue weighted by Gasteiger charge is 2.28. The molecule has 5 rings (SSSR count). The molecule has 2 amide bonds. The number of fused-ring (bicyclic) bond motifs is 1. The van der Waals surface area contributed by atoms with Crippen molar-refractivity contribution in [2.45, 2.75) is 6.92 Å². The number of hydrogen-bond donors (Lipinski definition) is 2. The summed E-state index contributed by atoms with van der Waals surface area (Å²) in [6.45, 7) is 1.62. The number of thiophene rings is 2. The van der Waals surface area contributed by atoms with Gasteiger partial charge in [-0.3, -0.25) is 14.9 Å². The molecule has 4 heterocycles. The van der Waals surface area contributed by atoms with E-state index in [1.54, 1.807) is 18.3 Å². The zero-order valence-corrected chi connectivity index (χ0v) is 18.1. The highest BCUT2D eigenvalue weighted by atomic mass is 35.5. The molecule has 9 heteroatoms. The first-order valence-corrected chi connectivity index (χ1v) is 10.6. The van der Waals surface area contributed by atoms with Gasteiger partial charge < -0.3 is 5.32 Å². The minimum atomic E-state index is -0.451. The van der Waals surface area contributed by atoms with E-state index in [2.05, 4.69) is 10.6 Å². The van der Waals surface area contributed by atoms with Crippen LogP contribution >= 0.6 is 35.1 Å². The maximum absolute atomic E-state index is 12.3. The van der Waals surface area contributed by atoms with Crippen molar-refractivity contribution in [3.05, 3.63) is 64.5 Å². The van der Waals surface area contributed by atoms with Gasteiger partial charge in [-0.1, -0.05) is 36.4 Å². The number of anilines is 1. The van der Waals surface area contributed by atoms with Crippen LogP contribution in [0.25, 0.3) is 32.0 Å².